The zero-order valence-electron chi connectivity index (χ0n) is 16.1. The smallest absolute Gasteiger partial charge is 0.356 e. The molecule has 0 saturated heterocycles. The number of hydrogen-bond donors (Lipinski definition) is 0. The topological polar surface area (TPSA) is 78.4 Å². The molecule has 0 aliphatic rings. The minimum Gasteiger partial charge on any atom is -0.464 e. The van der Waals surface area contributed by atoms with Gasteiger partial charge in [0.1, 0.15) is 11.4 Å². The number of carbonyl (C=O) groups is 2. The van der Waals surface area contributed by atoms with E-state index in [1.807, 2.05) is 48.5 Å². The number of para-hydroxylation sites is 2. The first kappa shape index (κ1) is 20.2. The van der Waals surface area contributed by atoms with Gasteiger partial charge in [0.2, 0.25) is 0 Å². The summed E-state index contributed by atoms with van der Waals surface area (Å²) in [6.07, 6.45) is 0. The van der Waals surface area contributed by atoms with E-state index in [1.165, 1.54) is 35.8 Å². The molecule has 0 atom stereocenters. The van der Waals surface area contributed by atoms with Gasteiger partial charge in [0, 0.05) is 20.6 Å². The quantitative estimate of drug-likeness (QED) is 0.314. The Morgan fingerprint density at radius 2 is 1.10 bits per heavy atom. The summed E-state index contributed by atoms with van der Waals surface area (Å²) in [6, 6.07) is 18.7. The Balaban J connectivity index is 1.69. The Labute approximate surface area is 180 Å². The Hall–Kier alpha value is -3.10. The summed E-state index contributed by atoms with van der Waals surface area (Å²) < 4.78 is 9.57. The molecule has 4 aromatic rings. The van der Waals surface area contributed by atoms with Crippen LogP contribution in [0.2, 0.25) is 0 Å². The van der Waals surface area contributed by atoms with Crippen molar-refractivity contribution in [2.24, 2.45) is 0 Å². The van der Waals surface area contributed by atoms with E-state index in [0.717, 1.165) is 31.6 Å². The zero-order valence-corrected chi connectivity index (χ0v) is 17.8. The lowest BCUT2D eigenvalue weighted by molar-refractivity contribution is 0.0586. The van der Waals surface area contributed by atoms with Crippen molar-refractivity contribution in [3.63, 3.8) is 0 Å². The zero-order chi connectivity index (χ0) is 21.1. The average molecular weight is 437 g/mol. The fourth-order valence-corrected chi connectivity index (χ4v) is 5.18. The largest absolute Gasteiger partial charge is 0.464 e. The van der Waals surface area contributed by atoms with E-state index in [9.17, 15) is 9.59 Å². The van der Waals surface area contributed by atoms with Crippen molar-refractivity contribution in [3.05, 3.63) is 72.1 Å². The summed E-state index contributed by atoms with van der Waals surface area (Å²) in [4.78, 5) is 34.5. The van der Waals surface area contributed by atoms with Crippen LogP contribution in [0.15, 0.2) is 70.5 Å². The molecular weight excluding hydrogens is 420 g/mol. The number of fused-ring (bicyclic) bond motifs is 2. The molecular formula is C22H16N2O4S2. The Morgan fingerprint density at radius 1 is 0.667 bits per heavy atom. The summed E-state index contributed by atoms with van der Waals surface area (Å²) in [5, 5.41) is 1.86. The number of methoxy groups -OCH3 is 2. The molecule has 0 N–H and O–H groups in total. The maximum Gasteiger partial charge on any atom is 0.356 e. The minimum atomic E-state index is -0.474. The van der Waals surface area contributed by atoms with E-state index in [0.29, 0.717) is 0 Å². The standard InChI is InChI=1S/C22H16N2O4S2/c1-27-21(25)15-11-9-13-5-3-7-17(19(13)23-15)29-30-18-8-4-6-14-10-12-16(22(26)28-2)24-20(14)18/h3-12H,1-2H3. The second kappa shape index (κ2) is 8.73. The van der Waals surface area contributed by atoms with Gasteiger partial charge in [-0.25, -0.2) is 19.6 Å². The number of pyridine rings is 2. The van der Waals surface area contributed by atoms with E-state index >= 15 is 0 Å². The van der Waals surface area contributed by atoms with E-state index in [2.05, 4.69) is 9.97 Å². The molecule has 0 fully saturated rings. The van der Waals surface area contributed by atoms with Crippen molar-refractivity contribution < 1.29 is 19.1 Å². The van der Waals surface area contributed by atoms with Crippen LogP contribution in [0.25, 0.3) is 21.8 Å². The van der Waals surface area contributed by atoms with Gasteiger partial charge < -0.3 is 9.47 Å². The average Bonchev–Trinajstić information content (AvgIpc) is 2.80. The lowest BCUT2D eigenvalue weighted by Gasteiger charge is -2.09. The van der Waals surface area contributed by atoms with Crippen LogP contribution >= 0.6 is 21.6 Å². The summed E-state index contributed by atoms with van der Waals surface area (Å²) >= 11 is 0. The number of hydrogen-bond acceptors (Lipinski definition) is 8. The Bertz CT molecular complexity index is 1180. The summed E-state index contributed by atoms with van der Waals surface area (Å²) in [6.45, 7) is 0. The van der Waals surface area contributed by atoms with Gasteiger partial charge in [-0.15, -0.1) is 0 Å². The molecule has 0 radical (unpaired) electrons. The summed E-state index contributed by atoms with van der Waals surface area (Å²) in [7, 11) is 5.69. The molecule has 0 aliphatic carbocycles. The van der Waals surface area contributed by atoms with Gasteiger partial charge in [-0.2, -0.15) is 0 Å². The number of nitrogens with zero attached hydrogens (tertiary/aromatic N) is 2. The molecule has 8 heteroatoms. The van der Waals surface area contributed by atoms with Crippen LogP contribution in [0.4, 0.5) is 0 Å². The van der Waals surface area contributed by atoms with Gasteiger partial charge in [-0.05, 0) is 24.3 Å². The first-order valence-electron chi connectivity index (χ1n) is 8.91. The predicted octanol–water partition coefficient (Wildman–Crippen LogP) is 5.16. The first-order valence-corrected chi connectivity index (χ1v) is 11.1. The highest BCUT2D eigenvalue weighted by Gasteiger charge is 2.13. The molecule has 30 heavy (non-hydrogen) atoms. The third-order valence-corrected chi connectivity index (χ3v) is 6.81. The SMILES string of the molecule is COC(=O)c1ccc2cccc(SSc3cccc4ccc(C(=O)OC)nc34)c2n1. The summed E-state index contributed by atoms with van der Waals surface area (Å²) in [5.41, 5.74) is 1.97. The third-order valence-electron chi connectivity index (χ3n) is 4.38. The molecule has 6 nitrogen and oxygen atoms in total. The third kappa shape index (κ3) is 3.96. The Kier molecular flexibility index (Phi) is 5.87. The van der Waals surface area contributed by atoms with Gasteiger partial charge in [0.15, 0.2) is 0 Å². The molecule has 4 rings (SSSR count). The number of ether oxygens (including phenoxy) is 2. The highest BCUT2D eigenvalue weighted by atomic mass is 33.1. The van der Waals surface area contributed by atoms with Crippen molar-refractivity contribution in [2.75, 3.05) is 14.2 Å². The van der Waals surface area contributed by atoms with Gasteiger partial charge in [0.25, 0.3) is 0 Å². The van der Waals surface area contributed by atoms with Crippen LogP contribution in [0.5, 0.6) is 0 Å². The lowest BCUT2D eigenvalue weighted by Crippen LogP contribution is -2.04. The van der Waals surface area contributed by atoms with E-state index in [1.54, 1.807) is 12.1 Å². The van der Waals surface area contributed by atoms with Crippen molar-refractivity contribution in [3.8, 4) is 0 Å². The second-order valence-electron chi connectivity index (χ2n) is 6.20. The highest BCUT2D eigenvalue weighted by molar-refractivity contribution is 8.76. The van der Waals surface area contributed by atoms with Crippen LogP contribution in [-0.4, -0.2) is 36.1 Å². The van der Waals surface area contributed by atoms with Crippen molar-refractivity contribution in [1.82, 2.24) is 9.97 Å². The number of aromatic nitrogens is 2. The molecule has 0 bridgehead atoms. The fourth-order valence-electron chi connectivity index (χ4n) is 2.90. The molecule has 0 saturated carbocycles. The van der Waals surface area contributed by atoms with Gasteiger partial charge >= 0.3 is 11.9 Å². The van der Waals surface area contributed by atoms with Gasteiger partial charge in [-0.1, -0.05) is 58.0 Å². The van der Waals surface area contributed by atoms with Crippen LogP contribution in [0.1, 0.15) is 21.0 Å². The first-order chi connectivity index (χ1) is 14.6. The Morgan fingerprint density at radius 3 is 1.50 bits per heavy atom. The maximum absolute atomic E-state index is 11.9. The van der Waals surface area contributed by atoms with Crippen LogP contribution in [-0.2, 0) is 9.47 Å². The van der Waals surface area contributed by atoms with Gasteiger partial charge in [-0.3, -0.25) is 0 Å². The predicted molar refractivity (Wildman–Crippen MR) is 118 cm³/mol. The monoisotopic (exact) mass is 436 g/mol. The van der Waals surface area contributed by atoms with Crippen LogP contribution < -0.4 is 0 Å². The van der Waals surface area contributed by atoms with Crippen LogP contribution in [0, 0.1) is 0 Å². The molecule has 0 amide bonds. The molecule has 0 unspecified atom stereocenters. The van der Waals surface area contributed by atoms with E-state index in [4.69, 9.17) is 9.47 Å². The number of carbonyl (C=O) groups excluding carboxylic acids is 2. The molecule has 2 aromatic heterocycles. The van der Waals surface area contributed by atoms with Crippen molar-refractivity contribution in [1.29, 1.82) is 0 Å². The van der Waals surface area contributed by atoms with Crippen LogP contribution in [0.3, 0.4) is 0 Å². The molecule has 0 aliphatic heterocycles. The molecule has 2 aromatic carbocycles. The van der Waals surface area contributed by atoms with E-state index in [-0.39, 0.29) is 11.4 Å². The van der Waals surface area contributed by atoms with Gasteiger partial charge in [0.05, 0.1) is 25.3 Å². The number of rotatable bonds is 5. The number of benzene rings is 2. The maximum atomic E-state index is 11.9. The highest BCUT2D eigenvalue weighted by Crippen LogP contribution is 2.42. The fraction of sp³-hybridized carbons (Fsp3) is 0.0909. The molecule has 2 heterocycles. The normalized spacial score (nSPS) is 10.9. The molecule has 150 valence electrons. The van der Waals surface area contributed by atoms with Crippen molar-refractivity contribution >= 4 is 55.3 Å². The van der Waals surface area contributed by atoms with E-state index < -0.39 is 11.9 Å². The number of esters is 2. The molecule has 0 spiro atoms. The second-order valence-corrected chi connectivity index (χ2v) is 8.41. The summed E-state index contributed by atoms with van der Waals surface area (Å²) in [5.74, 6) is -0.948. The lowest BCUT2D eigenvalue weighted by atomic mass is 10.2. The van der Waals surface area contributed by atoms with Crippen molar-refractivity contribution in [2.45, 2.75) is 9.79 Å². The minimum absolute atomic E-state index is 0.262.